The molecule has 0 saturated carbocycles. The summed E-state index contributed by atoms with van der Waals surface area (Å²) in [7, 11) is 1.63. The summed E-state index contributed by atoms with van der Waals surface area (Å²) in [5.74, 6) is 0.759. The average Bonchev–Trinajstić information content (AvgIpc) is 2.87. The Balaban J connectivity index is 2.33. The fourth-order valence-corrected chi connectivity index (χ4v) is 2.36. The lowest BCUT2D eigenvalue weighted by Gasteiger charge is -2.02. The Morgan fingerprint density at radius 3 is 2.60 bits per heavy atom. The molecular weight excluding hydrogens is 252 g/mol. The number of hydrogen-bond donors (Lipinski definition) is 0. The van der Waals surface area contributed by atoms with Crippen LogP contribution >= 0.6 is 0 Å². The van der Waals surface area contributed by atoms with Gasteiger partial charge >= 0.3 is 0 Å². The molecule has 0 bridgehead atoms. The van der Waals surface area contributed by atoms with Crippen LogP contribution in [0.25, 0.3) is 22.0 Å². The fraction of sp³-hybridized carbons (Fsp3) is 0.125. The van der Waals surface area contributed by atoms with Crippen LogP contribution in [0.1, 0.15) is 11.7 Å². The third-order valence-electron chi connectivity index (χ3n) is 3.34. The Hall–Kier alpha value is -2.62. The van der Waals surface area contributed by atoms with Crippen LogP contribution in [0.3, 0.4) is 0 Å². The summed E-state index contributed by atoms with van der Waals surface area (Å²) in [5.41, 5.74) is 2.90. The van der Waals surface area contributed by atoms with Gasteiger partial charge in [0.05, 0.1) is 12.6 Å². The van der Waals surface area contributed by atoms with Gasteiger partial charge in [-0.3, -0.25) is 14.3 Å². The zero-order valence-electron chi connectivity index (χ0n) is 11.3. The van der Waals surface area contributed by atoms with E-state index in [0.717, 1.165) is 27.8 Å². The number of pyridine rings is 1. The number of nitrogens with zero attached hydrogens (tertiary/aromatic N) is 2. The maximum absolute atomic E-state index is 11.8. The summed E-state index contributed by atoms with van der Waals surface area (Å²) >= 11 is 0. The van der Waals surface area contributed by atoms with Gasteiger partial charge in [-0.25, -0.2) is 0 Å². The van der Waals surface area contributed by atoms with Crippen molar-refractivity contribution in [1.82, 2.24) is 9.55 Å². The van der Waals surface area contributed by atoms with Crippen molar-refractivity contribution < 1.29 is 9.53 Å². The van der Waals surface area contributed by atoms with E-state index >= 15 is 0 Å². The molecule has 0 radical (unpaired) electrons. The zero-order chi connectivity index (χ0) is 14.1. The van der Waals surface area contributed by atoms with E-state index in [4.69, 9.17) is 4.74 Å². The predicted molar refractivity (Wildman–Crippen MR) is 78.0 cm³/mol. The van der Waals surface area contributed by atoms with Gasteiger partial charge < -0.3 is 4.74 Å². The van der Waals surface area contributed by atoms with Gasteiger partial charge in [-0.15, -0.1) is 0 Å². The lowest BCUT2D eigenvalue weighted by molar-refractivity contribution is 0.0941. The molecule has 0 amide bonds. The van der Waals surface area contributed by atoms with Gasteiger partial charge in [0.15, 0.2) is 0 Å². The first-order valence-electron chi connectivity index (χ1n) is 6.31. The second-order valence-electron chi connectivity index (χ2n) is 4.55. The Morgan fingerprint density at radius 2 is 1.95 bits per heavy atom. The number of carbonyl (C=O) groups is 1. The van der Waals surface area contributed by atoms with Crippen molar-refractivity contribution in [2.75, 3.05) is 7.11 Å². The van der Waals surface area contributed by atoms with Crippen LogP contribution in [-0.4, -0.2) is 22.6 Å². The van der Waals surface area contributed by atoms with Crippen molar-refractivity contribution in [2.45, 2.75) is 6.92 Å². The fourth-order valence-electron chi connectivity index (χ4n) is 2.36. The molecule has 0 aliphatic heterocycles. The third-order valence-corrected chi connectivity index (χ3v) is 3.34. The second-order valence-corrected chi connectivity index (χ2v) is 4.55. The van der Waals surface area contributed by atoms with Crippen molar-refractivity contribution in [3.05, 3.63) is 48.9 Å². The number of ether oxygens (including phenoxy) is 1. The highest BCUT2D eigenvalue weighted by Crippen LogP contribution is 2.32. The molecule has 20 heavy (non-hydrogen) atoms. The summed E-state index contributed by atoms with van der Waals surface area (Å²) in [6, 6.07) is 9.57. The molecule has 0 saturated heterocycles. The molecule has 2 aromatic heterocycles. The standard InChI is InChI=1S/C16H14N2O2/c1-11(19)18-10-15(12-5-7-17-8-6-12)14-9-13(20-2)3-4-16(14)18/h3-10H,1-2H3. The first kappa shape index (κ1) is 12.4. The van der Waals surface area contributed by atoms with Gasteiger partial charge in [0.2, 0.25) is 5.91 Å². The molecule has 0 aliphatic rings. The maximum atomic E-state index is 11.8. The molecule has 0 spiro atoms. The first-order valence-corrected chi connectivity index (χ1v) is 6.31. The van der Waals surface area contributed by atoms with Crippen LogP contribution < -0.4 is 4.74 Å². The predicted octanol–water partition coefficient (Wildman–Crippen LogP) is 3.37. The third kappa shape index (κ3) is 1.95. The molecule has 1 aromatic carbocycles. The number of methoxy groups -OCH3 is 1. The quantitative estimate of drug-likeness (QED) is 0.714. The van der Waals surface area contributed by atoms with Gasteiger partial charge in [0.25, 0.3) is 0 Å². The summed E-state index contributed by atoms with van der Waals surface area (Å²) in [5, 5.41) is 0.991. The molecule has 100 valence electrons. The van der Waals surface area contributed by atoms with Crippen LogP contribution in [0.15, 0.2) is 48.9 Å². The molecule has 3 rings (SSSR count). The number of rotatable bonds is 2. The Labute approximate surface area is 116 Å². The molecule has 0 atom stereocenters. The normalized spacial score (nSPS) is 10.7. The van der Waals surface area contributed by atoms with Crippen LogP contribution in [0, 0.1) is 0 Å². The van der Waals surface area contributed by atoms with Crippen molar-refractivity contribution in [2.24, 2.45) is 0 Å². The monoisotopic (exact) mass is 266 g/mol. The van der Waals surface area contributed by atoms with E-state index in [1.54, 1.807) is 31.0 Å². The van der Waals surface area contributed by atoms with Gasteiger partial charge in [-0.05, 0) is 35.9 Å². The van der Waals surface area contributed by atoms with E-state index in [1.807, 2.05) is 36.5 Å². The smallest absolute Gasteiger partial charge is 0.227 e. The summed E-state index contributed by atoms with van der Waals surface area (Å²) in [6.07, 6.45) is 5.35. The molecule has 0 N–H and O–H groups in total. The van der Waals surface area contributed by atoms with Crippen LogP contribution in [0.2, 0.25) is 0 Å². The molecule has 3 aromatic rings. The molecule has 4 heteroatoms. The van der Waals surface area contributed by atoms with E-state index in [1.165, 1.54) is 0 Å². The number of benzene rings is 1. The minimum atomic E-state index is -0.0135. The molecule has 2 heterocycles. The van der Waals surface area contributed by atoms with Gasteiger partial charge in [0, 0.05) is 36.5 Å². The number of fused-ring (bicyclic) bond motifs is 1. The number of aromatic nitrogens is 2. The van der Waals surface area contributed by atoms with E-state index in [-0.39, 0.29) is 5.91 Å². The number of hydrogen-bond acceptors (Lipinski definition) is 3. The maximum Gasteiger partial charge on any atom is 0.227 e. The zero-order valence-corrected chi connectivity index (χ0v) is 11.3. The van der Waals surface area contributed by atoms with Gasteiger partial charge in [-0.1, -0.05) is 0 Å². The SMILES string of the molecule is COc1ccc2c(c1)c(-c1ccncc1)cn2C(C)=O. The van der Waals surface area contributed by atoms with Crippen molar-refractivity contribution >= 4 is 16.8 Å². The first-order chi connectivity index (χ1) is 9.70. The minimum absolute atomic E-state index is 0.0135. The summed E-state index contributed by atoms with van der Waals surface area (Å²) in [6.45, 7) is 1.56. The minimum Gasteiger partial charge on any atom is -0.497 e. The molecular formula is C16H14N2O2. The molecule has 0 unspecified atom stereocenters. The average molecular weight is 266 g/mol. The largest absolute Gasteiger partial charge is 0.497 e. The lowest BCUT2D eigenvalue weighted by Crippen LogP contribution is -2.02. The highest BCUT2D eigenvalue weighted by molar-refractivity contribution is 6.01. The topological polar surface area (TPSA) is 44.1 Å². The van der Waals surface area contributed by atoms with Crippen LogP contribution in [0.4, 0.5) is 0 Å². The van der Waals surface area contributed by atoms with E-state index in [9.17, 15) is 4.79 Å². The summed E-state index contributed by atoms with van der Waals surface area (Å²) in [4.78, 5) is 15.8. The number of carbonyl (C=O) groups excluding carboxylic acids is 1. The molecule has 4 nitrogen and oxygen atoms in total. The van der Waals surface area contributed by atoms with Gasteiger partial charge in [0.1, 0.15) is 5.75 Å². The lowest BCUT2D eigenvalue weighted by atomic mass is 10.1. The molecule has 0 aliphatic carbocycles. The Bertz CT molecular complexity index is 776. The van der Waals surface area contributed by atoms with Gasteiger partial charge in [-0.2, -0.15) is 0 Å². The van der Waals surface area contributed by atoms with Crippen molar-refractivity contribution in [3.63, 3.8) is 0 Å². The van der Waals surface area contributed by atoms with Crippen LogP contribution in [0.5, 0.6) is 5.75 Å². The van der Waals surface area contributed by atoms with Crippen molar-refractivity contribution in [3.8, 4) is 16.9 Å². The van der Waals surface area contributed by atoms with Crippen molar-refractivity contribution in [1.29, 1.82) is 0 Å². The Kier molecular flexibility index (Phi) is 2.99. The summed E-state index contributed by atoms with van der Waals surface area (Å²) < 4.78 is 6.93. The highest BCUT2D eigenvalue weighted by Gasteiger charge is 2.13. The van der Waals surface area contributed by atoms with E-state index in [2.05, 4.69) is 4.98 Å². The van der Waals surface area contributed by atoms with E-state index in [0.29, 0.717) is 0 Å². The molecule has 0 fully saturated rings. The second kappa shape index (κ2) is 4.81. The highest BCUT2D eigenvalue weighted by atomic mass is 16.5. The Morgan fingerprint density at radius 1 is 1.20 bits per heavy atom. The van der Waals surface area contributed by atoms with E-state index < -0.39 is 0 Å². The van der Waals surface area contributed by atoms with Crippen LogP contribution in [-0.2, 0) is 0 Å².